The number of piperidine rings is 1. The summed E-state index contributed by atoms with van der Waals surface area (Å²) in [6.45, 7) is 10.0. The van der Waals surface area contributed by atoms with Crippen LogP contribution in [-0.4, -0.2) is 47.3 Å². The van der Waals surface area contributed by atoms with Crippen LogP contribution in [0, 0.1) is 13.8 Å². The topological polar surface area (TPSA) is 56.7 Å². The lowest BCUT2D eigenvalue weighted by Crippen LogP contribution is -2.41. The minimum absolute atomic E-state index is 0.215. The Hall–Kier alpha value is -2.18. The molecule has 6 heteroatoms. The molecule has 28 heavy (non-hydrogen) atoms. The number of likely N-dealkylation sites (tertiary alicyclic amines) is 1. The molecule has 2 aromatic rings. The monoisotopic (exact) mass is 383 g/mol. The van der Waals surface area contributed by atoms with E-state index in [0.717, 1.165) is 48.8 Å². The molecule has 2 aliphatic rings. The zero-order chi connectivity index (χ0) is 19.5. The second kappa shape index (κ2) is 8.45. The fraction of sp³-hybridized carbons (Fsp3) is 0.545. The van der Waals surface area contributed by atoms with Gasteiger partial charge >= 0.3 is 0 Å². The van der Waals surface area contributed by atoms with Crippen LogP contribution in [0.4, 0.5) is 0 Å². The normalized spacial score (nSPS) is 20.8. The van der Waals surface area contributed by atoms with Crippen LogP contribution < -0.4 is 9.47 Å². The summed E-state index contributed by atoms with van der Waals surface area (Å²) < 4.78 is 17.5. The van der Waals surface area contributed by atoms with Crippen LogP contribution in [0.5, 0.6) is 11.6 Å². The molecule has 0 amide bonds. The van der Waals surface area contributed by atoms with Gasteiger partial charge in [-0.2, -0.15) is 0 Å². The molecule has 0 spiro atoms. The summed E-state index contributed by atoms with van der Waals surface area (Å²) in [5, 5.41) is 0. The number of fused-ring (bicyclic) bond motifs is 1. The summed E-state index contributed by atoms with van der Waals surface area (Å²) in [7, 11) is 0. The molecule has 0 bridgehead atoms. The largest absolute Gasteiger partial charge is 0.484 e. The van der Waals surface area contributed by atoms with Crippen molar-refractivity contribution in [3.63, 3.8) is 0 Å². The van der Waals surface area contributed by atoms with Gasteiger partial charge in [0.2, 0.25) is 0 Å². The lowest BCUT2D eigenvalue weighted by molar-refractivity contribution is -0.0204. The summed E-state index contributed by atoms with van der Waals surface area (Å²) in [6, 6.07) is 8.45. The van der Waals surface area contributed by atoms with Gasteiger partial charge in [0, 0.05) is 24.0 Å². The number of hydrogen-bond donors (Lipinski definition) is 0. The highest BCUT2D eigenvalue weighted by Gasteiger charge is 2.26. The van der Waals surface area contributed by atoms with Gasteiger partial charge in [-0.3, -0.25) is 9.88 Å². The van der Waals surface area contributed by atoms with Crippen molar-refractivity contribution in [2.45, 2.75) is 52.4 Å². The number of pyridine rings is 2. The Kier molecular flexibility index (Phi) is 5.78. The number of ether oxygens (including phenoxy) is 3. The number of hydrogen-bond acceptors (Lipinski definition) is 6. The Bertz CT molecular complexity index is 806. The average Bonchev–Trinajstić information content (AvgIpc) is 2.71. The Morgan fingerprint density at radius 3 is 2.75 bits per heavy atom. The van der Waals surface area contributed by atoms with Gasteiger partial charge < -0.3 is 14.2 Å². The third-order valence-electron chi connectivity index (χ3n) is 5.44. The SMILES string of the molecule is Cc1cc(CO[C@H]2CCCN([C@H](C)c3ccc4c(n3)OCCO4)C2)cc(C)n1. The summed E-state index contributed by atoms with van der Waals surface area (Å²) in [5.74, 6) is 1.36. The number of aryl methyl sites for hydroxylation is 2. The third kappa shape index (κ3) is 4.45. The summed E-state index contributed by atoms with van der Waals surface area (Å²) in [4.78, 5) is 11.6. The molecule has 0 unspecified atom stereocenters. The van der Waals surface area contributed by atoms with E-state index in [0.29, 0.717) is 25.7 Å². The van der Waals surface area contributed by atoms with Crippen molar-refractivity contribution < 1.29 is 14.2 Å². The third-order valence-corrected chi connectivity index (χ3v) is 5.44. The first-order valence-electron chi connectivity index (χ1n) is 10.1. The van der Waals surface area contributed by atoms with Gasteiger partial charge in [-0.05, 0) is 70.0 Å². The molecule has 4 heterocycles. The van der Waals surface area contributed by atoms with E-state index in [-0.39, 0.29) is 12.1 Å². The van der Waals surface area contributed by atoms with Crippen LogP contribution in [0.25, 0.3) is 0 Å². The molecular formula is C22H29N3O3. The Balaban J connectivity index is 1.37. The van der Waals surface area contributed by atoms with Crippen molar-refractivity contribution in [1.82, 2.24) is 14.9 Å². The van der Waals surface area contributed by atoms with Crippen molar-refractivity contribution in [1.29, 1.82) is 0 Å². The van der Waals surface area contributed by atoms with E-state index in [2.05, 4.69) is 33.9 Å². The predicted molar refractivity (Wildman–Crippen MR) is 107 cm³/mol. The summed E-state index contributed by atoms with van der Waals surface area (Å²) in [5.41, 5.74) is 4.30. The van der Waals surface area contributed by atoms with Gasteiger partial charge in [0.15, 0.2) is 5.75 Å². The molecule has 0 N–H and O–H groups in total. The van der Waals surface area contributed by atoms with Crippen molar-refractivity contribution in [2.75, 3.05) is 26.3 Å². The first kappa shape index (κ1) is 19.2. The molecule has 0 aliphatic carbocycles. The molecule has 4 rings (SSSR count). The minimum Gasteiger partial charge on any atom is -0.484 e. The van der Waals surface area contributed by atoms with Crippen molar-refractivity contribution >= 4 is 0 Å². The molecule has 2 aromatic heterocycles. The summed E-state index contributed by atoms with van der Waals surface area (Å²) in [6.07, 6.45) is 2.47. The van der Waals surface area contributed by atoms with Crippen molar-refractivity contribution in [3.05, 3.63) is 46.9 Å². The van der Waals surface area contributed by atoms with E-state index in [9.17, 15) is 0 Å². The lowest BCUT2D eigenvalue weighted by atomic mass is 10.0. The maximum absolute atomic E-state index is 6.25. The zero-order valence-electron chi connectivity index (χ0n) is 17.0. The van der Waals surface area contributed by atoms with Crippen LogP contribution >= 0.6 is 0 Å². The molecule has 2 aliphatic heterocycles. The highest BCUT2D eigenvalue weighted by molar-refractivity contribution is 5.36. The average molecular weight is 383 g/mol. The van der Waals surface area contributed by atoms with E-state index in [1.54, 1.807) is 0 Å². The fourth-order valence-electron chi connectivity index (χ4n) is 4.04. The van der Waals surface area contributed by atoms with E-state index >= 15 is 0 Å². The molecule has 150 valence electrons. The number of nitrogens with zero attached hydrogens (tertiary/aromatic N) is 3. The van der Waals surface area contributed by atoms with Gasteiger partial charge in [-0.25, -0.2) is 4.98 Å². The van der Waals surface area contributed by atoms with E-state index in [4.69, 9.17) is 14.2 Å². The first-order chi connectivity index (χ1) is 13.6. The lowest BCUT2D eigenvalue weighted by Gasteiger charge is -2.36. The molecule has 0 radical (unpaired) electrons. The highest BCUT2D eigenvalue weighted by Crippen LogP contribution is 2.31. The predicted octanol–water partition coefficient (Wildman–Crippen LogP) is 3.61. The van der Waals surface area contributed by atoms with Crippen molar-refractivity contribution in [2.24, 2.45) is 0 Å². The van der Waals surface area contributed by atoms with Crippen molar-refractivity contribution in [3.8, 4) is 11.6 Å². The Labute approximate surface area is 166 Å². The quantitative estimate of drug-likeness (QED) is 0.786. The van der Waals surface area contributed by atoms with Gasteiger partial charge in [-0.15, -0.1) is 0 Å². The van der Waals surface area contributed by atoms with Crippen LogP contribution in [-0.2, 0) is 11.3 Å². The van der Waals surface area contributed by atoms with Crippen LogP contribution in [0.1, 0.15) is 48.5 Å². The second-order valence-corrected chi connectivity index (χ2v) is 7.74. The van der Waals surface area contributed by atoms with E-state index < -0.39 is 0 Å². The van der Waals surface area contributed by atoms with Gasteiger partial charge in [-0.1, -0.05) is 0 Å². The highest BCUT2D eigenvalue weighted by atomic mass is 16.6. The molecule has 0 saturated carbocycles. The van der Waals surface area contributed by atoms with E-state index in [1.807, 2.05) is 26.0 Å². The van der Waals surface area contributed by atoms with Gasteiger partial charge in [0.25, 0.3) is 5.88 Å². The molecule has 1 fully saturated rings. The van der Waals surface area contributed by atoms with Crippen LogP contribution in [0.15, 0.2) is 24.3 Å². The van der Waals surface area contributed by atoms with E-state index in [1.165, 1.54) is 5.56 Å². The molecule has 0 aromatic carbocycles. The smallest absolute Gasteiger partial charge is 0.257 e. The Morgan fingerprint density at radius 1 is 1.14 bits per heavy atom. The number of rotatable bonds is 5. The standard InChI is InChI=1S/C22H29N3O3/c1-15-11-18(12-16(2)23-15)14-28-19-5-4-8-25(13-19)17(3)20-6-7-21-22(24-20)27-10-9-26-21/h6-7,11-12,17,19H,4-5,8-10,13-14H2,1-3H3/t17-,19+/m1/s1. The number of aromatic nitrogens is 2. The van der Waals surface area contributed by atoms with Gasteiger partial charge in [0.1, 0.15) is 13.2 Å². The Morgan fingerprint density at radius 2 is 1.93 bits per heavy atom. The molecule has 6 nitrogen and oxygen atoms in total. The second-order valence-electron chi connectivity index (χ2n) is 7.74. The summed E-state index contributed by atoms with van der Waals surface area (Å²) >= 11 is 0. The zero-order valence-corrected chi connectivity index (χ0v) is 17.0. The fourth-order valence-corrected chi connectivity index (χ4v) is 4.04. The maximum Gasteiger partial charge on any atom is 0.257 e. The molecule has 2 atom stereocenters. The maximum atomic E-state index is 6.25. The molecule has 1 saturated heterocycles. The van der Waals surface area contributed by atoms with Gasteiger partial charge in [0.05, 0.1) is 18.4 Å². The first-order valence-corrected chi connectivity index (χ1v) is 10.1. The minimum atomic E-state index is 0.215. The van der Waals surface area contributed by atoms with Crippen LogP contribution in [0.3, 0.4) is 0 Å². The molecular weight excluding hydrogens is 354 g/mol. The van der Waals surface area contributed by atoms with Crippen LogP contribution in [0.2, 0.25) is 0 Å².